The third kappa shape index (κ3) is 3.28. The van der Waals surface area contributed by atoms with Gasteiger partial charge in [-0.2, -0.15) is 0 Å². The van der Waals surface area contributed by atoms with Crippen molar-refractivity contribution in [2.24, 2.45) is 46.3 Å². The molecule has 4 aliphatic rings. The van der Waals surface area contributed by atoms with Crippen molar-refractivity contribution in [3.63, 3.8) is 0 Å². The first-order valence-electron chi connectivity index (χ1n) is 12.2. The summed E-state index contributed by atoms with van der Waals surface area (Å²) < 4.78 is 4.85. The van der Waals surface area contributed by atoms with Crippen LogP contribution in [0.15, 0.2) is 0 Å². The zero-order valence-corrected chi connectivity index (χ0v) is 18.9. The number of fused-ring (bicyclic) bond motifs is 5. The molecule has 166 valence electrons. The summed E-state index contributed by atoms with van der Waals surface area (Å²) in [6.07, 6.45) is 9.80. The number of carbonyl (C=O) groups is 1. The largest absolute Gasteiger partial charge is 0.469 e. The minimum absolute atomic E-state index is 0.109. The molecule has 29 heavy (non-hydrogen) atoms. The van der Waals surface area contributed by atoms with Crippen LogP contribution in [-0.2, 0) is 9.53 Å². The minimum atomic E-state index is -0.565. The topological polar surface area (TPSA) is 66.8 Å². The summed E-state index contributed by atoms with van der Waals surface area (Å²) in [5.74, 6) is 2.53. The smallest absolute Gasteiger partial charge is 0.305 e. The van der Waals surface area contributed by atoms with Crippen LogP contribution >= 0.6 is 0 Å². The standard InChI is InChI=1S/C25H42O4/c1-15(8-11-20(26)29-4)16-9-10-17-21-18(12-14-25(16,17)3)24(2)13-6-5-7-19(24)22(27)23(21)28/h15-19,21-23,27-28H,5-14H2,1-4H3/t15-,16+,17+,18-,19-,21-,22-,23+,24+,25+/m0/s1. The molecule has 0 amide bonds. The molecule has 0 aromatic carbocycles. The summed E-state index contributed by atoms with van der Waals surface area (Å²) in [6.45, 7) is 7.18. The maximum absolute atomic E-state index is 11.6. The van der Waals surface area contributed by atoms with Crippen LogP contribution in [0.25, 0.3) is 0 Å². The molecule has 4 rings (SSSR count). The van der Waals surface area contributed by atoms with Gasteiger partial charge in [-0.15, -0.1) is 0 Å². The van der Waals surface area contributed by atoms with Crippen LogP contribution in [-0.4, -0.2) is 35.5 Å². The van der Waals surface area contributed by atoms with Gasteiger partial charge in [0.2, 0.25) is 0 Å². The Labute approximate surface area is 176 Å². The van der Waals surface area contributed by atoms with Crippen molar-refractivity contribution in [2.45, 2.75) is 97.2 Å². The summed E-state index contributed by atoms with van der Waals surface area (Å²) in [6, 6.07) is 0. The van der Waals surface area contributed by atoms with Gasteiger partial charge in [0, 0.05) is 6.42 Å². The Morgan fingerprint density at radius 2 is 1.69 bits per heavy atom. The second-order valence-electron chi connectivity index (χ2n) is 11.5. The normalized spacial score (nSPS) is 50.2. The van der Waals surface area contributed by atoms with Crippen LogP contribution in [0.3, 0.4) is 0 Å². The maximum Gasteiger partial charge on any atom is 0.305 e. The highest BCUT2D eigenvalue weighted by Gasteiger charge is 2.64. The van der Waals surface area contributed by atoms with Gasteiger partial charge < -0.3 is 14.9 Å². The van der Waals surface area contributed by atoms with Crippen molar-refractivity contribution in [1.29, 1.82) is 0 Å². The summed E-state index contributed by atoms with van der Waals surface area (Å²) in [4.78, 5) is 11.6. The van der Waals surface area contributed by atoms with Gasteiger partial charge in [0.25, 0.3) is 0 Å². The lowest BCUT2D eigenvalue weighted by molar-refractivity contribution is -0.215. The van der Waals surface area contributed by atoms with E-state index in [1.165, 1.54) is 45.6 Å². The molecule has 0 spiro atoms. The number of aliphatic hydroxyl groups is 2. The van der Waals surface area contributed by atoms with Gasteiger partial charge in [0.15, 0.2) is 0 Å². The van der Waals surface area contributed by atoms with Crippen LogP contribution in [0.5, 0.6) is 0 Å². The molecule has 0 aromatic rings. The van der Waals surface area contributed by atoms with Crippen LogP contribution < -0.4 is 0 Å². The lowest BCUT2D eigenvalue weighted by atomic mass is 9.43. The molecule has 4 fully saturated rings. The molecule has 0 heterocycles. The molecule has 0 bridgehead atoms. The second kappa shape index (κ2) is 7.82. The molecule has 4 nitrogen and oxygen atoms in total. The minimum Gasteiger partial charge on any atom is -0.469 e. The van der Waals surface area contributed by atoms with Crippen LogP contribution in [0.2, 0.25) is 0 Å². The van der Waals surface area contributed by atoms with Crippen molar-refractivity contribution < 1.29 is 19.7 Å². The number of hydrogen-bond donors (Lipinski definition) is 2. The fourth-order valence-electron chi connectivity index (χ4n) is 8.94. The van der Waals surface area contributed by atoms with Gasteiger partial charge in [0.1, 0.15) is 0 Å². The molecule has 4 heteroatoms. The Morgan fingerprint density at radius 3 is 2.41 bits per heavy atom. The number of methoxy groups -OCH3 is 1. The van der Waals surface area contributed by atoms with Crippen LogP contribution in [0.1, 0.15) is 85.0 Å². The first kappa shape index (κ1) is 21.6. The molecule has 0 aliphatic heterocycles. The summed E-state index contributed by atoms with van der Waals surface area (Å²) in [7, 11) is 1.47. The average Bonchev–Trinajstić information content (AvgIpc) is 3.06. The zero-order valence-electron chi connectivity index (χ0n) is 18.9. The first-order chi connectivity index (χ1) is 13.7. The van der Waals surface area contributed by atoms with Crippen molar-refractivity contribution in [3.05, 3.63) is 0 Å². The van der Waals surface area contributed by atoms with Gasteiger partial charge in [-0.1, -0.05) is 33.6 Å². The van der Waals surface area contributed by atoms with E-state index < -0.39 is 12.2 Å². The van der Waals surface area contributed by atoms with Gasteiger partial charge in [-0.3, -0.25) is 4.79 Å². The summed E-state index contributed by atoms with van der Waals surface area (Å²) in [5, 5.41) is 22.4. The van der Waals surface area contributed by atoms with Gasteiger partial charge in [-0.25, -0.2) is 0 Å². The Bertz CT molecular complexity index is 620. The highest BCUT2D eigenvalue weighted by atomic mass is 16.5. The number of carbonyl (C=O) groups excluding carboxylic acids is 1. The first-order valence-corrected chi connectivity index (χ1v) is 12.2. The Kier molecular flexibility index (Phi) is 5.83. The Hall–Kier alpha value is -0.610. The molecule has 4 aliphatic carbocycles. The predicted molar refractivity (Wildman–Crippen MR) is 113 cm³/mol. The van der Waals surface area contributed by atoms with E-state index in [2.05, 4.69) is 20.8 Å². The third-order valence-corrected chi connectivity index (χ3v) is 10.5. The molecule has 0 radical (unpaired) electrons. The van der Waals surface area contributed by atoms with Crippen LogP contribution in [0, 0.1) is 46.3 Å². The monoisotopic (exact) mass is 406 g/mol. The highest BCUT2D eigenvalue weighted by Crippen LogP contribution is 2.68. The Morgan fingerprint density at radius 1 is 0.966 bits per heavy atom. The molecule has 4 saturated carbocycles. The van der Waals surface area contributed by atoms with E-state index in [1.54, 1.807) is 0 Å². The van der Waals surface area contributed by atoms with Gasteiger partial charge >= 0.3 is 5.97 Å². The fraction of sp³-hybridized carbons (Fsp3) is 0.960. The van der Waals surface area contributed by atoms with E-state index in [0.717, 1.165) is 19.3 Å². The molecular weight excluding hydrogens is 364 g/mol. The highest BCUT2D eigenvalue weighted by molar-refractivity contribution is 5.69. The van der Waals surface area contributed by atoms with E-state index >= 15 is 0 Å². The van der Waals surface area contributed by atoms with E-state index in [0.29, 0.717) is 30.1 Å². The number of hydrogen-bond acceptors (Lipinski definition) is 4. The lowest BCUT2D eigenvalue weighted by Gasteiger charge is -2.63. The van der Waals surface area contributed by atoms with Crippen molar-refractivity contribution >= 4 is 5.97 Å². The van der Waals surface area contributed by atoms with Crippen molar-refractivity contribution in [3.8, 4) is 0 Å². The molecule has 2 N–H and O–H groups in total. The van der Waals surface area contributed by atoms with Crippen molar-refractivity contribution in [2.75, 3.05) is 7.11 Å². The van der Waals surface area contributed by atoms with E-state index in [1.807, 2.05) is 0 Å². The molecule has 0 aromatic heterocycles. The second-order valence-corrected chi connectivity index (χ2v) is 11.5. The van der Waals surface area contributed by atoms with Gasteiger partial charge in [-0.05, 0) is 91.3 Å². The molecule has 0 saturated heterocycles. The Balaban J connectivity index is 1.56. The van der Waals surface area contributed by atoms with E-state index in [9.17, 15) is 15.0 Å². The fourth-order valence-corrected chi connectivity index (χ4v) is 8.94. The van der Waals surface area contributed by atoms with Crippen LogP contribution in [0.4, 0.5) is 0 Å². The lowest BCUT2D eigenvalue weighted by Crippen LogP contribution is -2.63. The molecule has 0 unspecified atom stereocenters. The van der Waals surface area contributed by atoms with Crippen molar-refractivity contribution in [1.82, 2.24) is 0 Å². The molecular formula is C25H42O4. The van der Waals surface area contributed by atoms with E-state index in [-0.39, 0.29) is 28.6 Å². The number of aliphatic hydroxyl groups excluding tert-OH is 2. The average molecular weight is 407 g/mol. The third-order valence-electron chi connectivity index (χ3n) is 10.5. The van der Waals surface area contributed by atoms with Gasteiger partial charge in [0.05, 0.1) is 19.3 Å². The number of ether oxygens (including phenoxy) is 1. The maximum atomic E-state index is 11.6. The number of esters is 1. The van der Waals surface area contributed by atoms with E-state index in [4.69, 9.17) is 4.74 Å². The summed E-state index contributed by atoms with van der Waals surface area (Å²) in [5.41, 5.74) is 0.409. The SMILES string of the molecule is COC(=O)CC[C@H](C)[C@H]1CC[C@@H]2[C@@H]3[C@@H](O)[C@@H](O)[C@@H]4CCCC[C@]4(C)[C@H]3CC[C@@]21C. The number of rotatable bonds is 4. The predicted octanol–water partition coefficient (Wildman–Crippen LogP) is 4.57. The summed E-state index contributed by atoms with van der Waals surface area (Å²) >= 11 is 0. The zero-order chi connectivity index (χ0) is 21.0. The quantitative estimate of drug-likeness (QED) is 0.671. The molecule has 10 atom stereocenters.